The summed E-state index contributed by atoms with van der Waals surface area (Å²) in [5, 5.41) is 10.0. The molecule has 0 spiro atoms. The highest BCUT2D eigenvalue weighted by atomic mass is 16.5. The molecule has 10 heteroatoms. The second kappa shape index (κ2) is 8.21. The van der Waals surface area contributed by atoms with Gasteiger partial charge in [0.2, 0.25) is 0 Å². The molecule has 6 heterocycles. The van der Waals surface area contributed by atoms with Crippen LogP contribution in [-0.2, 0) is 37.6 Å². The number of hydrogen-bond donors (Lipinski definition) is 0. The number of carbonyl (C=O) groups excluding carboxylic acids is 1. The number of nitrogens with zero attached hydrogens (tertiary/aromatic N) is 5. The minimum Gasteiger partial charge on any atom is -0.484 e. The number of hydrogen-bond acceptors (Lipinski definition) is 8. The molecule has 4 aliphatic heterocycles. The Labute approximate surface area is 214 Å². The normalized spacial score (nSPS) is 29.3. The summed E-state index contributed by atoms with van der Waals surface area (Å²) in [6.07, 6.45) is 5.24. The van der Waals surface area contributed by atoms with Crippen molar-refractivity contribution in [1.82, 2.24) is 24.9 Å². The van der Waals surface area contributed by atoms with Gasteiger partial charge in [0.05, 0.1) is 49.8 Å². The zero-order valence-electron chi connectivity index (χ0n) is 21.3. The molecular formula is C27H31N5O5. The summed E-state index contributed by atoms with van der Waals surface area (Å²) in [4.78, 5) is 19.7. The lowest BCUT2D eigenvalue weighted by atomic mass is 9.66. The maximum Gasteiger partial charge on any atom is 0.254 e. The minimum atomic E-state index is -0.586. The van der Waals surface area contributed by atoms with Gasteiger partial charge in [-0.1, -0.05) is 5.21 Å². The first-order valence-corrected chi connectivity index (χ1v) is 13.0. The SMILES string of the molecule is C[C@@H](Oc1ccc2ncc3c(c2c1)CCOC3)c1cn(C23CC(C)(C2)OC3C(=O)N(C)C2COC2)nn1. The van der Waals surface area contributed by atoms with Gasteiger partial charge >= 0.3 is 0 Å². The number of amides is 1. The van der Waals surface area contributed by atoms with Crippen LogP contribution in [0.1, 0.15) is 49.6 Å². The third-order valence-corrected chi connectivity index (χ3v) is 8.48. The van der Waals surface area contributed by atoms with Crippen LogP contribution >= 0.6 is 0 Å². The van der Waals surface area contributed by atoms with Crippen LogP contribution in [0.4, 0.5) is 0 Å². The summed E-state index contributed by atoms with van der Waals surface area (Å²) in [5.74, 6) is 0.738. The Morgan fingerprint density at radius 1 is 1.27 bits per heavy atom. The van der Waals surface area contributed by atoms with E-state index in [0.29, 0.717) is 25.5 Å². The van der Waals surface area contributed by atoms with Crippen molar-refractivity contribution in [3.8, 4) is 5.75 Å². The number of pyridine rings is 1. The predicted octanol–water partition coefficient (Wildman–Crippen LogP) is 2.54. The average Bonchev–Trinajstić information content (AvgIpc) is 3.53. The summed E-state index contributed by atoms with van der Waals surface area (Å²) in [6.45, 7) is 6.49. The van der Waals surface area contributed by atoms with Crippen molar-refractivity contribution < 1.29 is 23.7 Å². The van der Waals surface area contributed by atoms with Crippen molar-refractivity contribution in [2.45, 2.75) is 69.1 Å². The molecule has 0 N–H and O–H groups in total. The first kappa shape index (κ1) is 23.1. The first-order chi connectivity index (χ1) is 17.9. The molecule has 1 saturated carbocycles. The zero-order chi connectivity index (χ0) is 25.4. The van der Waals surface area contributed by atoms with Gasteiger partial charge in [0.15, 0.2) is 6.10 Å². The van der Waals surface area contributed by atoms with Gasteiger partial charge in [0, 0.05) is 31.5 Å². The molecule has 3 saturated heterocycles. The Bertz CT molecular complexity index is 1380. The Balaban J connectivity index is 1.12. The van der Waals surface area contributed by atoms with Gasteiger partial charge in [-0.2, -0.15) is 0 Å². The molecule has 37 heavy (non-hydrogen) atoms. The second-order valence-electron chi connectivity index (χ2n) is 11.1. The van der Waals surface area contributed by atoms with Crippen molar-refractivity contribution in [2.24, 2.45) is 0 Å². The van der Waals surface area contributed by atoms with Crippen LogP contribution < -0.4 is 4.74 Å². The van der Waals surface area contributed by atoms with Crippen LogP contribution in [0.3, 0.4) is 0 Å². The van der Waals surface area contributed by atoms with Crippen LogP contribution in [0.2, 0.25) is 0 Å². The molecule has 5 aliphatic rings. The quantitative estimate of drug-likeness (QED) is 0.504. The fraction of sp³-hybridized carbons (Fsp3) is 0.556. The maximum absolute atomic E-state index is 13.4. The van der Waals surface area contributed by atoms with E-state index >= 15 is 0 Å². The predicted molar refractivity (Wildman–Crippen MR) is 132 cm³/mol. The van der Waals surface area contributed by atoms with Gasteiger partial charge < -0.3 is 23.8 Å². The number of aromatic nitrogens is 4. The molecule has 10 nitrogen and oxygen atoms in total. The number of ether oxygens (including phenoxy) is 4. The molecule has 4 fully saturated rings. The fourth-order valence-electron chi connectivity index (χ4n) is 6.34. The average molecular weight is 506 g/mol. The lowest BCUT2D eigenvalue weighted by Gasteiger charge is -2.43. The van der Waals surface area contributed by atoms with Crippen LogP contribution in [0, 0.1) is 0 Å². The van der Waals surface area contributed by atoms with Crippen LogP contribution in [0.5, 0.6) is 5.75 Å². The van der Waals surface area contributed by atoms with Crippen LogP contribution in [0.25, 0.3) is 10.9 Å². The van der Waals surface area contributed by atoms with Gasteiger partial charge in [0.25, 0.3) is 5.91 Å². The topological polar surface area (TPSA) is 101 Å². The monoisotopic (exact) mass is 505 g/mol. The van der Waals surface area contributed by atoms with Crippen molar-refractivity contribution in [3.63, 3.8) is 0 Å². The molecule has 2 bridgehead atoms. The highest BCUT2D eigenvalue weighted by Gasteiger charge is 2.70. The van der Waals surface area contributed by atoms with Crippen molar-refractivity contribution in [1.29, 1.82) is 0 Å². The first-order valence-electron chi connectivity index (χ1n) is 13.0. The van der Waals surface area contributed by atoms with Crippen molar-refractivity contribution in [2.75, 3.05) is 26.9 Å². The summed E-state index contributed by atoms with van der Waals surface area (Å²) in [6, 6.07) is 6.10. The van der Waals surface area contributed by atoms with E-state index in [4.69, 9.17) is 18.9 Å². The van der Waals surface area contributed by atoms with Crippen LogP contribution in [0.15, 0.2) is 30.6 Å². The Hall–Kier alpha value is -3.08. The summed E-state index contributed by atoms with van der Waals surface area (Å²) in [7, 11) is 1.83. The molecule has 1 aromatic carbocycles. The zero-order valence-corrected chi connectivity index (χ0v) is 21.3. The van der Waals surface area contributed by atoms with E-state index in [9.17, 15) is 4.79 Å². The van der Waals surface area contributed by atoms with E-state index < -0.39 is 11.6 Å². The number of rotatable bonds is 6. The maximum atomic E-state index is 13.4. The molecular weight excluding hydrogens is 474 g/mol. The molecule has 0 radical (unpaired) electrons. The number of benzene rings is 1. The Kier molecular flexibility index (Phi) is 5.12. The molecule has 1 aliphatic carbocycles. The van der Waals surface area contributed by atoms with Gasteiger partial charge in [-0.25, -0.2) is 4.68 Å². The van der Waals surface area contributed by atoms with Gasteiger partial charge in [0.1, 0.15) is 23.1 Å². The summed E-state index contributed by atoms with van der Waals surface area (Å²) >= 11 is 0. The van der Waals surface area contributed by atoms with E-state index in [1.165, 1.54) is 5.56 Å². The summed E-state index contributed by atoms with van der Waals surface area (Å²) in [5.41, 5.74) is 3.25. The van der Waals surface area contributed by atoms with E-state index in [1.807, 2.05) is 43.2 Å². The second-order valence-corrected chi connectivity index (χ2v) is 11.1. The van der Waals surface area contributed by atoms with Crippen molar-refractivity contribution in [3.05, 3.63) is 47.4 Å². The molecule has 2 aromatic heterocycles. The third kappa shape index (κ3) is 3.57. The molecule has 1 unspecified atom stereocenters. The van der Waals surface area contributed by atoms with Crippen LogP contribution in [-0.4, -0.2) is 75.4 Å². The van der Waals surface area contributed by atoms with Crippen molar-refractivity contribution >= 4 is 16.8 Å². The van der Waals surface area contributed by atoms with Gasteiger partial charge in [-0.3, -0.25) is 9.78 Å². The van der Waals surface area contributed by atoms with Gasteiger partial charge in [-0.15, -0.1) is 5.10 Å². The molecule has 8 rings (SSSR count). The van der Waals surface area contributed by atoms with Gasteiger partial charge in [-0.05, 0) is 49.6 Å². The highest BCUT2D eigenvalue weighted by molar-refractivity contribution is 5.85. The van der Waals surface area contributed by atoms with E-state index in [0.717, 1.165) is 48.1 Å². The lowest BCUT2D eigenvalue weighted by Crippen LogP contribution is -2.58. The molecule has 2 atom stereocenters. The van der Waals surface area contributed by atoms with E-state index in [2.05, 4.69) is 28.3 Å². The number of carbonyl (C=O) groups is 1. The molecule has 3 aromatic rings. The molecule has 1 amide bonds. The van der Waals surface area contributed by atoms with E-state index in [-0.39, 0.29) is 23.7 Å². The molecule has 194 valence electrons. The fourth-order valence-corrected chi connectivity index (χ4v) is 6.34. The Morgan fingerprint density at radius 2 is 2.11 bits per heavy atom. The Morgan fingerprint density at radius 3 is 2.89 bits per heavy atom. The minimum absolute atomic E-state index is 0.0191. The summed E-state index contributed by atoms with van der Waals surface area (Å²) < 4.78 is 25.3. The lowest BCUT2D eigenvalue weighted by molar-refractivity contribution is -0.154. The number of fused-ring (bicyclic) bond motifs is 4. The number of likely N-dealkylation sites (N-methyl/N-ethyl adjacent to an activating group) is 1. The smallest absolute Gasteiger partial charge is 0.254 e. The van der Waals surface area contributed by atoms with E-state index in [1.54, 1.807) is 4.90 Å². The third-order valence-electron chi connectivity index (χ3n) is 8.48. The highest BCUT2D eigenvalue weighted by Crippen LogP contribution is 2.60. The standard InChI is InChI=1S/C27H31N5O5/c1-16(36-19-4-5-22-21(8-19)20-6-7-34-11-17(20)9-28-22)23-10-32(30-29-23)27-14-26(2,15-27)37-24(27)25(33)31(3)18-12-35-13-18/h4-5,8-10,16,18,24H,6-7,11-15H2,1-3H3/t16-,24?,26?,27?/m1/s1. The largest absolute Gasteiger partial charge is 0.484 e.